The standard InChI is InChI=1S/C26H31N3O4/c1-17(2)18-5-7-20(8-6-18)24-23(19-9-11-22(32-4)12-10-19)27-25(33-24)21-13-15-29(16-14-21)26(30)28(3)31/h5-12,17,21,31H,13-16H2,1-4H3. The van der Waals surface area contributed by atoms with Crippen LogP contribution in [0.5, 0.6) is 5.75 Å². The lowest BCUT2D eigenvalue weighted by molar-refractivity contribution is -0.0358. The van der Waals surface area contributed by atoms with E-state index >= 15 is 0 Å². The van der Waals surface area contributed by atoms with E-state index in [9.17, 15) is 10.0 Å². The Kier molecular flexibility index (Phi) is 6.70. The molecule has 0 bridgehead atoms. The van der Waals surface area contributed by atoms with Crippen molar-refractivity contribution in [2.45, 2.75) is 38.5 Å². The third-order valence-electron chi connectivity index (χ3n) is 6.24. The second-order valence-electron chi connectivity index (χ2n) is 8.80. The minimum absolute atomic E-state index is 0.110. The number of ether oxygens (including phenoxy) is 1. The molecule has 3 aromatic rings. The van der Waals surface area contributed by atoms with E-state index in [-0.39, 0.29) is 11.9 Å². The molecule has 2 amide bonds. The fourth-order valence-corrected chi connectivity index (χ4v) is 4.19. The van der Waals surface area contributed by atoms with Crippen molar-refractivity contribution in [1.29, 1.82) is 0 Å². The third kappa shape index (κ3) is 4.88. The van der Waals surface area contributed by atoms with Crippen molar-refractivity contribution in [3.63, 3.8) is 0 Å². The molecule has 2 aromatic carbocycles. The average Bonchev–Trinajstić information content (AvgIpc) is 3.29. The summed E-state index contributed by atoms with van der Waals surface area (Å²) in [6, 6.07) is 15.9. The minimum atomic E-state index is -0.384. The summed E-state index contributed by atoms with van der Waals surface area (Å²) in [6.45, 7) is 5.45. The largest absolute Gasteiger partial charge is 0.497 e. The highest BCUT2D eigenvalue weighted by Crippen LogP contribution is 2.38. The van der Waals surface area contributed by atoms with Crippen LogP contribution in [0.1, 0.15) is 50.0 Å². The molecule has 1 aliphatic rings. The molecule has 7 heteroatoms. The van der Waals surface area contributed by atoms with Gasteiger partial charge in [0.05, 0.1) is 7.11 Å². The van der Waals surface area contributed by atoms with Gasteiger partial charge in [0.25, 0.3) is 0 Å². The molecule has 0 atom stereocenters. The predicted molar refractivity (Wildman–Crippen MR) is 127 cm³/mol. The van der Waals surface area contributed by atoms with Crippen LogP contribution in [0.2, 0.25) is 0 Å². The zero-order valence-electron chi connectivity index (χ0n) is 19.6. The Labute approximate surface area is 194 Å². The van der Waals surface area contributed by atoms with Crippen LogP contribution in [0, 0.1) is 0 Å². The number of hydroxylamine groups is 2. The van der Waals surface area contributed by atoms with Gasteiger partial charge in [0.2, 0.25) is 0 Å². The Hall–Kier alpha value is -3.32. The number of nitrogens with zero attached hydrogens (tertiary/aromatic N) is 3. The van der Waals surface area contributed by atoms with Crippen molar-refractivity contribution >= 4 is 6.03 Å². The van der Waals surface area contributed by atoms with Gasteiger partial charge < -0.3 is 14.1 Å². The van der Waals surface area contributed by atoms with Crippen LogP contribution in [0.25, 0.3) is 22.6 Å². The summed E-state index contributed by atoms with van der Waals surface area (Å²) in [4.78, 5) is 18.6. The second-order valence-corrected chi connectivity index (χ2v) is 8.80. The molecule has 1 fully saturated rings. The van der Waals surface area contributed by atoms with E-state index in [4.69, 9.17) is 14.1 Å². The van der Waals surface area contributed by atoms with E-state index < -0.39 is 0 Å². The average molecular weight is 450 g/mol. The quantitative estimate of drug-likeness (QED) is 0.396. The highest BCUT2D eigenvalue weighted by molar-refractivity contribution is 5.77. The first-order chi connectivity index (χ1) is 15.9. The predicted octanol–water partition coefficient (Wildman–Crippen LogP) is 5.76. The van der Waals surface area contributed by atoms with Crippen LogP contribution >= 0.6 is 0 Å². The molecule has 1 N–H and O–H groups in total. The molecule has 1 aromatic heterocycles. The van der Waals surface area contributed by atoms with Gasteiger partial charge in [-0.05, 0) is 48.6 Å². The number of piperidine rings is 1. The number of hydrogen-bond acceptors (Lipinski definition) is 5. The minimum Gasteiger partial charge on any atom is -0.497 e. The number of carbonyl (C=O) groups excluding carboxylic acids is 1. The molecular weight excluding hydrogens is 418 g/mol. The summed E-state index contributed by atoms with van der Waals surface area (Å²) in [6.07, 6.45) is 1.46. The molecule has 0 radical (unpaired) electrons. The third-order valence-corrected chi connectivity index (χ3v) is 6.24. The Morgan fingerprint density at radius 3 is 2.24 bits per heavy atom. The maximum Gasteiger partial charge on any atom is 0.343 e. The highest BCUT2D eigenvalue weighted by Gasteiger charge is 2.29. The van der Waals surface area contributed by atoms with Crippen molar-refractivity contribution in [2.75, 3.05) is 27.2 Å². The van der Waals surface area contributed by atoms with Crippen molar-refractivity contribution < 1.29 is 19.2 Å². The number of rotatable bonds is 5. The van der Waals surface area contributed by atoms with E-state index in [1.165, 1.54) is 12.6 Å². The van der Waals surface area contributed by atoms with Crippen molar-refractivity contribution in [3.05, 3.63) is 60.0 Å². The van der Waals surface area contributed by atoms with Crippen molar-refractivity contribution in [1.82, 2.24) is 14.9 Å². The fraction of sp³-hybridized carbons (Fsp3) is 0.385. The molecule has 4 rings (SSSR count). The summed E-state index contributed by atoms with van der Waals surface area (Å²) in [5.41, 5.74) is 4.02. The zero-order valence-corrected chi connectivity index (χ0v) is 19.6. The summed E-state index contributed by atoms with van der Waals surface area (Å²) in [5, 5.41) is 10.1. The van der Waals surface area contributed by atoms with Gasteiger partial charge in [-0.3, -0.25) is 5.21 Å². The first-order valence-corrected chi connectivity index (χ1v) is 11.3. The number of urea groups is 1. The smallest absolute Gasteiger partial charge is 0.343 e. The Bertz CT molecular complexity index is 1080. The number of hydrogen-bond donors (Lipinski definition) is 1. The van der Waals surface area contributed by atoms with Crippen LogP contribution in [-0.4, -0.2) is 53.4 Å². The number of oxazole rings is 1. The van der Waals surface area contributed by atoms with Gasteiger partial charge in [0, 0.05) is 37.2 Å². The molecule has 2 heterocycles. The number of amides is 2. The van der Waals surface area contributed by atoms with Crippen molar-refractivity contribution in [3.8, 4) is 28.3 Å². The van der Waals surface area contributed by atoms with Crippen LogP contribution in [0.15, 0.2) is 52.9 Å². The second kappa shape index (κ2) is 9.67. The first kappa shape index (κ1) is 22.9. The van der Waals surface area contributed by atoms with Gasteiger partial charge in [-0.2, -0.15) is 0 Å². The molecule has 33 heavy (non-hydrogen) atoms. The maximum atomic E-state index is 12.0. The van der Waals surface area contributed by atoms with Crippen LogP contribution in [-0.2, 0) is 0 Å². The van der Waals surface area contributed by atoms with E-state index in [1.54, 1.807) is 12.0 Å². The topological polar surface area (TPSA) is 79.0 Å². The highest BCUT2D eigenvalue weighted by atomic mass is 16.5. The molecule has 1 saturated heterocycles. The van der Waals surface area contributed by atoms with E-state index in [0.717, 1.165) is 41.2 Å². The van der Waals surface area contributed by atoms with Crippen LogP contribution in [0.4, 0.5) is 4.79 Å². The van der Waals surface area contributed by atoms with E-state index in [2.05, 4.69) is 38.1 Å². The maximum absolute atomic E-state index is 12.0. The lowest BCUT2D eigenvalue weighted by Crippen LogP contribution is -2.43. The Morgan fingerprint density at radius 1 is 1.09 bits per heavy atom. The monoisotopic (exact) mass is 449 g/mol. The molecule has 0 unspecified atom stereocenters. The van der Waals surface area contributed by atoms with E-state index in [1.807, 2.05) is 24.3 Å². The van der Waals surface area contributed by atoms with Gasteiger partial charge in [-0.15, -0.1) is 0 Å². The van der Waals surface area contributed by atoms with Crippen LogP contribution < -0.4 is 4.74 Å². The number of benzene rings is 2. The van der Waals surface area contributed by atoms with Gasteiger partial charge in [-0.25, -0.2) is 14.8 Å². The Morgan fingerprint density at radius 2 is 1.70 bits per heavy atom. The van der Waals surface area contributed by atoms with Gasteiger partial charge in [0.1, 0.15) is 11.4 Å². The molecule has 0 spiro atoms. The fourth-order valence-electron chi connectivity index (χ4n) is 4.19. The van der Waals surface area contributed by atoms with Gasteiger partial charge in [0.15, 0.2) is 11.7 Å². The first-order valence-electron chi connectivity index (χ1n) is 11.3. The molecule has 7 nitrogen and oxygen atoms in total. The van der Waals surface area contributed by atoms with Crippen LogP contribution in [0.3, 0.4) is 0 Å². The Balaban J connectivity index is 1.66. The normalized spacial score (nSPS) is 14.5. The number of likely N-dealkylation sites (tertiary alicyclic amines) is 1. The van der Waals surface area contributed by atoms with Gasteiger partial charge >= 0.3 is 6.03 Å². The number of carbonyl (C=O) groups is 1. The van der Waals surface area contributed by atoms with Gasteiger partial charge in [-0.1, -0.05) is 38.1 Å². The summed E-state index contributed by atoms with van der Waals surface area (Å²) in [7, 11) is 3.00. The molecule has 174 valence electrons. The zero-order chi connectivity index (χ0) is 23.5. The number of aromatic nitrogens is 1. The molecule has 0 saturated carbocycles. The molecule has 1 aliphatic heterocycles. The SMILES string of the molecule is COc1ccc(-c2nc(C3CCN(C(=O)N(C)O)CC3)oc2-c2ccc(C(C)C)cc2)cc1. The summed E-state index contributed by atoms with van der Waals surface area (Å²) in [5.74, 6) is 2.79. The molecule has 0 aliphatic carbocycles. The molecular formula is C26H31N3O4. The lowest BCUT2D eigenvalue weighted by Gasteiger charge is -2.31. The van der Waals surface area contributed by atoms with Crippen molar-refractivity contribution in [2.24, 2.45) is 0 Å². The van der Waals surface area contributed by atoms with E-state index in [0.29, 0.717) is 30.0 Å². The number of methoxy groups -OCH3 is 1. The summed E-state index contributed by atoms with van der Waals surface area (Å²) < 4.78 is 11.7. The lowest BCUT2D eigenvalue weighted by atomic mass is 9.97. The summed E-state index contributed by atoms with van der Waals surface area (Å²) >= 11 is 0.